The summed E-state index contributed by atoms with van der Waals surface area (Å²) in [7, 11) is 0. The van der Waals surface area contributed by atoms with Crippen LogP contribution in [0.25, 0.3) is 0 Å². The number of nitrogens with zero attached hydrogens (tertiary/aromatic N) is 2. The molecule has 18 heavy (non-hydrogen) atoms. The van der Waals surface area contributed by atoms with Crippen molar-refractivity contribution in [1.29, 1.82) is 0 Å². The van der Waals surface area contributed by atoms with Gasteiger partial charge in [0, 0.05) is 12.2 Å². The van der Waals surface area contributed by atoms with Gasteiger partial charge in [-0.15, -0.1) is 0 Å². The Kier molecular flexibility index (Phi) is 2.74. The van der Waals surface area contributed by atoms with E-state index in [1.807, 2.05) is 0 Å². The number of hydrogen-bond acceptors (Lipinski definition) is 2. The van der Waals surface area contributed by atoms with Crippen molar-refractivity contribution < 1.29 is 8.78 Å². The molecular formula is C13H13F2N3. The fourth-order valence-electron chi connectivity index (χ4n) is 1.97. The third-order valence-corrected chi connectivity index (χ3v) is 3.07. The number of aromatic nitrogens is 2. The maximum absolute atomic E-state index is 13.4. The van der Waals surface area contributed by atoms with Gasteiger partial charge in [-0.2, -0.15) is 0 Å². The molecule has 1 aromatic carbocycles. The third kappa shape index (κ3) is 2.20. The molecule has 1 N–H and O–H groups in total. The van der Waals surface area contributed by atoms with Crippen molar-refractivity contribution in [3.05, 3.63) is 48.1 Å². The highest BCUT2D eigenvalue weighted by atomic mass is 19.1. The van der Waals surface area contributed by atoms with Crippen LogP contribution in [0.4, 0.5) is 14.5 Å². The molecule has 0 unspecified atom stereocenters. The standard InChI is InChI=1S/C13H13F2N3/c14-9-1-4-12(15)13(5-9)17-7-11-6-16-8-18(11)10-2-3-10/h1,4-6,8,10,17H,2-3,7H2. The van der Waals surface area contributed by atoms with Crippen LogP contribution in [0.1, 0.15) is 24.6 Å². The van der Waals surface area contributed by atoms with E-state index in [9.17, 15) is 8.78 Å². The predicted octanol–water partition coefficient (Wildman–Crippen LogP) is 3.11. The Morgan fingerprint density at radius 1 is 1.33 bits per heavy atom. The topological polar surface area (TPSA) is 29.9 Å². The van der Waals surface area contributed by atoms with Gasteiger partial charge in [-0.1, -0.05) is 0 Å². The lowest BCUT2D eigenvalue weighted by Gasteiger charge is -2.10. The largest absolute Gasteiger partial charge is 0.377 e. The van der Waals surface area contributed by atoms with Crippen molar-refractivity contribution in [3.63, 3.8) is 0 Å². The van der Waals surface area contributed by atoms with Crippen LogP contribution in [-0.4, -0.2) is 9.55 Å². The van der Waals surface area contributed by atoms with E-state index < -0.39 is 11.6 Å². The molecule has 2 aromatic rings. The molecular weight excluding hydrogens is 236 g/mol. The van der Waals surface area contributed by atoms with Gasteiger partial charge in [0.1, 0.15) is 11.6 Å². The van der Waals surface area contributed by atoms with E-state index in [2.05, 4.69) is 14.9 Å². The highest BCUT2D eigenvalue weighted by molar-refractivity contribution is 5.45. The Labute approximate surface area is 103 Å². The molecule has 3 rings (SSSR count). The minimum absolute atomic E-state index is 0.179. The molecule has 0 saturated heterocycles. The van der Waals surface area contributed by atoms with Gasteiger partial charge in [0.15, 0.2) is 0 Å². The molecule has 0 atom stereocenters. The summed E-state index contributed by atoms with van der Waals surface area (Å²) in [5.41, 5.74) is 1.17. The summed E-state index contributed by atoms with van der Waals surface area (Å²) in [6.07, 6.45) is 5.87. The van der Waals surface area contributed by atoms with Crippen LogP contribution in [0, 0.1) is 11.6 Å². The Hall–Kier alpha value is -1.91. The molecule has 94 valence electrons. The highest BCUT2D eigenvalue weighted by Gasteiger charge is 2.25. The van der Waals surface area contributed by atoms with E-state index in [1.165, 1.54) is 0 Å². The number of benzene rings is 1. The lowest BCUT2D eigenvalue weighted by molar-refractivity contribution is 0.601. The molecule has 1 saturated carbocycles. The third-order valence-electron chi connectivity index (χ3n) is 3.07. The number of imidazole rings is 1. The van der Waals surface area contributed by atoms with Crippen LogP contribution in [0.2, 0.25) is 0 Å². The summed E-state index contributed by atoms with van der Waals surface area (Å²) in [6.45, 7) is 0.441. The number of halogens is 2. The van der Waals surface area contributed by atoms with Gasteiger partial charge in [0.05, 0.1) is 24.3 Å². The minimum Gasteiger partial charge on any atom is -0.377 e. The number of hydrogen-bond donors (Lipinski definition) is 1. The molecule has 1 fully saturated rings. The zero-order valence-electron chi connectivity index (χ0n) is 9.74. The average Bonchev–Trinajstić information content (AvgIpc) is 3.10. The van der Waals surface area contributed by atoms with Crippen LogP contribution in [0.3, 0.4) is 0 Å². The Morgan fingerprint density at radius 3 is 2.94 bits per heavy atom. The molecule has 1 heterocycles. The van der Waals surface area contributed by atoms with Crippen LogP contribution >= 0.6 is 0 Å². The van der Waals surface area contributed by atoms with Crippen molar-refractivity contribution >= 4 is 5.69 Å². The van der Waals surface area contributed by atoms with Gasteiger partial charge in [0.2, 0.25) is 0 Å². The first-order chi connectivity index (χ1) is 8.74. The highest BCUT2D eigenvalue weighted by Crippen LogP contribution is 2.35. The summed E-state index contributed by atoms with van der Waals surface area (Å²) >= 11 is 0. The molecule has 1 aromatic heterocycles. The van der Waals surface area contributed by atoms with Crippen molar-refractivity contribution in [1.82, 2.24) is 9.55 Å². The molecule has 0 bridgehead atoms. The summed E-state index contributed by atoms with van der Waals surface area (Å²) in [4.78, 5) is 4.09. The summed E-state index contributed by atoms with van der Waals surface area (Å²) < 4.78 is 28.5. The Balaban J connectivity index is 1.73. The number of rotatable bonds is 4. The summed E-state index contributed by atoms with van der Waals surface area (Å²) in [5, 5.41) is 2.90. The van der Waals surface area contributed by atoms with Gasteiger partial charge in [0.25, 0.3) is 0 Å². The minimum atomic E-state index is -0.450. The van der Waals surface area contributed by atoms with E-state index >= 15 is 0 Å². The van der Waals surface area contributed by atoms with Gasteiger partial charge < -0.3 is 9.88 Å². The molecule has 0 aliphatic heterocycles. The predicted molar refractivity (Wildman–Crippen MR) is 64.2 cm³/mol. The lowest BCUT2D eigenvalue weighted by atomic mass is 10.3. The second-order valence-corrected chi connectivity index (χ2v) is 4.50. The van der Waals surface area contributed by atoms with Crippen molar-refractivity contribution in [2.75, 3.05) is 5.32 Å². The fraction of sp³-hybridized carbons (Fsp3) is 0.308. The van der Waals surface area contributed by atoms with E-state index in [4.69, 9.17) is 0 Å². The first-order valence-corrected chi connectivity index (χ1v) is 5.93. The second-order valence-electron chi connectivity index (χ2n) is 4.50. The Bertz CT molecular complexity index is 561. The molecule has 1 aliphatic carbocycles. The zero-order chi connectivity index (χ0) is 12.5. The van der Waals surface area contributed by atoms with Gasteiger partial charge in [-0.3, -0.25) is 0 Å². The maximum atomic E-state index is 13.4. The Morgan fingerprint density at radius 2 is 2.17 bits per heavy atom. The van der Waals surface area contributed by atoms with E-state index in [1.54, 1.807) is 12.5 Å². The lowest BCUT2D eigenvalue weighted by Crippen LogP contribution is -2.07. The van der Waals surface area contributed by atoms with Crippen LogP contribution in [0.5, 0.6) is 0 Å². The van der Waals surface area contributed by atoms with E-state index in [0.717, 1.165) is 36.7 Å². The SMILES string of the molecule is Fc1ccc(F)c(NCc2cncn2C2CC2)c1. The van der Waals surface area contributed by atoms with Crippen LogP contribution in [0.15, 0.2) is 30.7 Å². The van der Waals surface area contributed by atoms with Crippen LogP contribution in [-0.2, 0) is 6.54 Å². The summed E-state index contributed by atoms with van der Waals surface area (Å²) in [5.74, 6) is -0.900. The van der Waals surface area contributed by atoms with Gasteiger partial charge >= 0.3 is 0 Å². The fourth-order valence-corrected chi connectivity index (χ4v) is 1.97. The molecule has 0 spiro atoms. The van der Waals surface area contributed by atoms with Crippen molar-refractivity contribution in [2.45, 2.75) is 25.4 Å². The summed E-state index contributed by atoms with van der Waals surface area (Å²) in [6, 6.07) is 3.92. The number of anilines is 1. The normalized spacial score (nSPS) is 14.8. The molecule has 0 amide bonds. The second kappa shape index (κ2) is 4.40. The van der Waals surface area contributed by atoms with Crippen LogP contribution < -0.4 is 5.32 Å². The smallest absolute Gasteiger partial charge is 0.146 e. The van der Waals surface area contributed by atoms with Crippen molar-refractivity contribution in [2.24, 2.45) is 0 Å². The van der Waals surface area contributed by atoms with Crippen molar-refractivity contribution in [3.8, 4) is 0 Å². The molecule has 0 radical (unpaired) electrons. The van der Waals surface area contributed by atoms with Gasteiger partial charge in [-0.05, 0) is 31.0 Å². The van der Waals surface area contributed by atoms with Gasteiger partial charge in [-0.25, -0.2) is 13.8 Å². The average molecular weight is 249 g/mol. The monoisotopic (exact) mass is 249 g/mol. The molecule has 3 nitrogen and oxygen atoms in total. The quantitative estimate of drug-likeness (QED) is 0.902. The zero-order valence-corrected chi connectivity index (χ0v) is 9.74. The first kappa shape index (κ1) is 11.2. The molecule has 1 aliphatic rings. The van der Waals surface area contributed by atoms with E-state index in [-0.39, 0.29) is 5.69 Å². The number of nitrogens with one attached hydrogen (secondary N) is 1. The van der Waals surface area contributed by atoms with E-state index in [0.29, 0.717) is 12.6 Å². The first-order valence-electron chi connectivity index (χ1n) is 5.93. The maximum Gasteiger partial charge on any atom is 0.146 e. The molecule has 5 heteroatoms.